The van der Waals surface area contributed by atoms with E-state index in [-0.39, 0.29) is 19.4 Å². The van der Waals surface area contributed by atoms with E-state index in [0.29, 0.717) is 18.4 Å². The number of benzene rings is 1. The van der Waals surface area contributed by atoms with E-state index in [1.165, 1.54) is 109 Å². The maximum atomic E-state index is 14.9. The molecule has 0 N–H and O–H groups in total. The zero-order valence-corrected chi connectivity index (χ0v) is 46.8. The first-order chi connectivity index (χ1) is 35.7. The molecule has 1 fully saturated rings. The number of hydrogen-bond acceptors (Lipinski definition) is 17. The Bertz CT molecular complexity index is 1740. The Balaban J connectivity index is 2.23. The highest BCUT2D eigenvalue weighted by Gasteiger charge is 2.55. The summed E-state index contributed by atoms with van der Waals surface area (Å²) < 4.78 is 71.8. The van der Waals surface area contributed by atoms with Crippen LogP contribution in [0.1, 0.15) is 227 Å². The second-order valence-electron chi connectivity index (χ2n) is 19.5. The molecule has 0 aliphatic carbocycles. The van der Waals surface area contributed by atoms with Crippen LogP contribution < -0.4 is 0 Å². The molecule has 0 bridgehead atoms. The van der Waals surface area contributed by atoms with Crippen LogP contribution in [0.25, 0.3) is 0 Å². The van der Waals surface area contributed by atoms with Crippen LogP contribution in [0.15, 0.2) is 30.3 Å². The molecule has 1 aliphatic heterocycles. The summed E-state index contributed by atoms with van der Waals surface area (Å²) in [6.45, 7) is 6.76. The van der Waals surface area contributed by atoms with Crippen molar-refractivity contribution in [3.8, 4) is 0 Å². The fourth-order valence-corrected chi connectivity index (χ4v) is 9.87. The van der Waals surface area contributed by atoms with Crippen molar-refractivity contribution in [2.45, 2.75) is 265 Å². The average Bonchev–Trinajstić information content (AvgIpc) is 3.35. The average molecular weight is 1070 g/mol. The van der Waals surface area contributed by atoms with E-state index in [4.69, 9.17) is 46.7 Å². The van der Waals surface area contributed by atoms with Gasteiger partial charge in [0.25, 0.3) is 0 Å². The van der Waals surface area contributed by atoms with E-state index in [0.717, 1.165) is 72.6 Å². The minimum atomic E-state index is -4.95. The van der Waals surface area contributed by atoms with Crippen molar-refractivity contribution in [2.24, 2.45) is 0 Å². The minimum absolute atomic E-state index is 0.0879. The van der Waals surface area contributed by atoms with Crippen molar-refractivity contribution in [1.29, 1.82) is 0 Å². The van der Waals surface area contributed by atoms with Gasteiger partial charge in [0.05, 0.1) is 13.2 Å². The Morgan fingerprint density at radius 3 is 1.39 bits per heavy atom. The normalized spacial score (nSPS) is 18.6. The third kappa shape index (κ3) is 32.5. The van der Waals surface area contributed by atoms with Gasteiger partial charge in [-0.2, -0.15) is 0 Å². The summed E-state index contributed by atoms with van der Waals surface area (Å²) >= 11 is 0. The molecule has 0 spiro atoms. The zero-order chi connectivity index (χ0) is 54.2. The first-order valence-electron chi connectivity index (χ1n) is 27.9. The number of esters is 6. The first kappa shape index (κ1) is 66.2. The molecule has 17 nitrogen and oxygen atoms in total. The molecule has 0 radical (unpaired) electrons. The lowest BCUT2D eigenvalue weighted by Crippen LogP contribution is -2.62. The lowest BCUT2D eigenvalue weighted by molar-refractivity contribution is -0.292. The topological polar surface area (TPSA) is 212 Å². The number of carbonyl (C=O) groups excluding carboxylic acids is 6. The third-order valence-corrected chi connectivity index (χ3v) is 13.9. The van der Waals surface area contributed by atoms with Gasteiger partial charge in [0.1, 0.15) is 19.3 Å². The maximum Gasteiger partial charge on any atom is 0.477 e. The smallest absolute Gasteiger partial charge is 0.463 e. The van der Waals surface area contributed by atoms with Crippen molar-refractivity contribution in [2.75, 3.05) is 19.8 Å². The van der Waals surface area contributed by atoms with Crippen molar-refractivity contribution >= 4 is 43.6 Å². The fourth-order valence-electron chi connectivity index (χ4n) is 8.59. The third-order valence-electron chi connectivity index (χ3n) is 12.5. The lowest BCUT2D eigenvalue weighted by atomic mass is 9.98. The molecule has 1 saturated heterocycles. The van der Waals surface area contributed by atoms with Crippen molar-refractivity contribution in [1.82, 2.24) is 0 Å². The number of hydrogen-bond donors (Lipinski definition) is 0. The molecule has 2 rings (SSSR count). The molecule has 18 heteroatoms. The van der Waals surface area contributed by atoms with E-state index in [2.05, 4.69) is 13.8 Å². The minimum Gasteiger partial charge on any atom is -0.463 e. The van der Waals surface area contributed by atoms with Crippen LogP contribution >= 0.6 is 7.82 Å². The van der Waals surface area contributed by atoms with Gasteiger partial charge in [-0.1, -0.05) is 198 Å². The predicted octanol–water partition coefficient (Wildman–Crippen LogP) is 12.8. The van der Waals surface area contributed by atoms with Gasteiger partial charge < -0.3 is 33.2 Å². The number of phosphoric ester groups is 1. The second-order valence-corrected chi connectivity index (χ2v) is 21.1. The number of carbonyl (C=O) groups is 6. The Kier molecular flexibility index (Phi) is 37.0. The SMILES string of the molecule is CCCCCCCCCCCCCCCC(=O)OC[C@H](COP(=O)(OCc1ccccc1)O[C@@H]1O[C@H](COC(C)=O)[C@H](OC(C)=O)[C@H](OC(C)=O)[C@H]1OC(C)=O)OC(=O)CCCCCCCCCCCCCCC. The molecule has 74 heavy (non-hydrogen) atoms. The van der Waals surface area contributed by atoms with Crippen LogP contribution in [-0.4, -0.2) is 92.4 Å². The summed E-state index contributed by atoms with van der Waals surface area (Å²) in [5, 5.41) is 0. The summed E-state index contributed by atoms with van der Waals surface area (Å²) in [4.78, 5) is 75.7. The summed E-state index contributed by atoms with van der Waals surface area (Å²) in [6, 6.07) is 8.60. The molecule has 424 valence electrons. The van der Waals surface area contributed by atoms with Crippen LogP contribution in [-0.2, 0) is 86.7 Å². The van der Waals surface area contributed by atoms with E-state index < -0.39 is 100 Å². The van der Waals surface area contributed by atoms with Crippen LogP contribution in [0.3, 0.4) is 0 Å². The standard InChI is InChI=1S/C56H93O17P/c1-7-9-11-13-15-17-19-21-23-25-27-29-34-38-51(61)65-41-49(71-52(62)39-35-30-28-26-24-22-20-18-16-14-12-10-8-2)42-67-74(63,66-40-48-36-32-31-33-37-48)73-56-55(70-47(6)60)54(69-46(5)59)53(68-45(4)58)50(72-56)43-64-44(3)57/h31-33,36-37,49-50,53-56H,7-30,34-35,38-43H2,1-6H3/t49-,50-,53+,54+,55-,56+,74?/m1/s1. The van der Waals surface area contributed by atoms with Crippen molar-refractivity contribution in [3.63, 3.8) is 0 Å². The largest absolute Gasteiger partial charge is 0.477 e. The Morgan fingerprint density at radius 1 is 0.500 bits per heavy atom. The molecule has 0 amide bonds. The van der Waals surface area contributed by atoms with E-state index >= 15 is 0 Å². The summed E-state index contributed by atoms with van der Waals surface area (Å²) in [5.74, 6) is -4.45. The van der Waals surface area contributed by atoms with Gasteiger partial charge in [-0.15, -0.1) is 0 Å². The Hall–Kier alpha value is -3.89. The maximum absolute atomic E-state index is 14.9. The molecule has 1 aromatic carbocycles. The summed E-state index contributed by atoms with van der Waals surface area (Å²) in [7, 11) is -4.95. The Labute approximate surface area is 442 Å². The molecular formula is C56H93O17P. The number of unbranched alkanes of at least 4 members (excludes halogenated alkanes) is 24. The summed E-state index contributed by atoms with van der Waals surface area (Å²) in [6.07, 6.45) is 20.5. The number of ether oxygens (including phenoxy) is 7. The fraction of sp³-hybridized carbons (Fsp3) is 0.786. The molecule has 1 aliphatic rings. The first-order valence-corrected chi connectivity index (χ1v) is 29.4. The number of phosphoric acid groups is 1. The summed E-state index contributed by atoms with van der Waals surface area (Å²) in [5.41, 5.74) is 0.546. The van der Waals surface area contributed by atoms with E-state index in [1.807, 2.05) is 0 Å². The highest BCUT2D eigenvalue weighted by molar-refractivity contribution is 7.48. The monoisotopic (exact) mass is 1070 g/mol. The quantitative estimate of drug-likeness (QED) is 0.0257. The van der Waals surface area contributed by atoms with Gasteiger partial charge in [-0.3, -0.25) is 42.3 Å². The van der Waals surface area contributed by atoms with E-state index in [1.54, 1.807) is 30.3 Å². The van der Waals surface area contributed by atoms with Gasteiger partial charge >= 0.3 is 43.6 Å². The van der Waals surface area contributed by atoms with Crippen LogP contribution in [0.4, 0.5) is 0 Å². The van der Waals surface area contributed by atoms with Crippen LogP contribution in [0.2, 0.25) is 0 Å². The lowest BCUT2D eigenvalue weighted by Gasteiger charge is -2.44. The molecule has 7 atom stereocenters. The second kappa shape index (κ2) is 41.3. The molecule has 0 saturated carbocycles. The van der Waals surface area contributed by atoms with Gasteiger partial charge in [-0.05, 0) is 18.4 Å². The van der Waals surface area contributed by atoms with Crippen LogP contribution in [0.5, 0.6) is 0 Å². The molecule has 0 aromatic heterocycles. The van der Waals surface area contributed by atoms with Gasteiger partial charge in [-0.25, -0.2) is 4.57 Å². The zero-order valence-electron chi connectivity index (χ0n) is 45.9. The molecule has 1 heterocycles. The molecule has 1 aromatic rings. The van der Waals surface area contributed by atoms with Crippen molar-refractivity contribution in [3.05, 3.63) is 35.9 Å². The molecule has 1 unspecified atom stereocenters. The highest BCUT2D eigenvalue weighted by Crippen LogP contribution is 2.53. The Morgan fingerprint density at radius 2 is 0.932 bits per heavy atom. The van der Waals surface area contributed by atoms with Gasteiger partial charge in [0, 0.05) is 40.5 Å². The van der Waals surface area contributed by atoms with Crippen molar-refractivity contribution < 1.29 is 80.1 Å². The van der Waals surface area contributed by atoms with Gasteiger partial charge in [0.15, 0.2) is 24.4 Å². The van der Waals surface area contributed by atoms with Crippen LogP contribution in [0, 0.1) is 0 Å². The highest BCUT2D eigenvalue weighted by atomic mass is 31.2. The van der Waals surface area contributed by atoms with Gasteiger partial charge in [0.2, 0.25) is 6.29 Å². The van der Waals surface area contributed by atoms with E-state index in [9.17, 15) is 33.3 Å². The molecular weight excluding hydrogens is 976 g/mol. The predicted molar refractivity (Wildman–Crippen MR) is 279 cm³/mol. The number of rotatable bonds is 44.